The fourth-order valence-electron chi connectivity index (χ4n) is 0.664. The van der Waals surface area contributed by atoms with Crippen LogP contribution in [0.25, 0.3) is 0 Å². The number of alkyl carbamates (subject to hydrolysis) is 1. The Labute approximate surface area is 85.2 Å². The molecule has 0 radical (unpaired) electrons. The van der Waals surface area contributed by atoms with Crippen LogP contribution in [0.5, 0.6) is 0 Å². The van der Waals surface area contributed by atoms with E-state index < -0.39 is 6.09 Å². The van der Waals surface area contributed by atoms with Crippen LogP contribution in [0.15, 0.2) is 6.33 Å². The minimum Gasteiger partial charge on any atom is -0.450 e. The molecular weight excluding hydrogens is 206 g/mol. The second kappa shape index (κ2) is 5.12. The lowest BCUT2D eigenvalue weighted by atomic mass is 10.8. The normalized spacial score (nSPS) is 9.21. The molecule has 0 aliphatic carbocycles. The first-order valence-electron chi connectivity index (χ1n) is 3.82. The van der Waals surface area contributed by atoms with E-state index in [1.807, 2.05) is 0 Å². The zero-order valence-electron chi connectivity index (χ0n) is 7.40. The Morgan fingerprint density at radius 1 is 1.79 bits per heavy atom. The van der Waals surface area contributed by atoms with Crippen molar-refractivity contribution < 1.29 is 9.53 Å². The summed E-state index contributed by atoms with van der Waals surface area (Å²) >= 11 is 4.78. The first-order chi connectivity index (χ1) is 6.72. The molecule has 76 valence electrons. The molecule has 0 unspecified atom stereocenters. The van der Waals surface area contributed by atoms with Crippen molar-refractivity contribution in [1.29, 1.82) is 0 Å². The SMILES string of the molecule is CCOC(=O)NC(=S)Nc1ncn[nH]1. The number of aromatic nitrogens is 3. The molecule has 8 heteroatoms. The van der Waals surface area contributed by atoms with E-state index in [1.54, 1.807) is 6.92 Å². The molecule has 0 bridgehead atoms. The van der Waals surface area contributed by atoms with Gasteiger partial charge in [0.1, 0.15) is 6.33 Å². The number of ether oxygens (including phenoxy) is 1. The quantitative estimate of drug-likeness (QED) is 0.612. The van der Waals surface area contributed by atoms with Crippen molar-refractivity contribution in [3.05, 3.63) is 6.33 Å². The van der Waals surface area contributed by atoms with Crippen LogP contribution in [0.1, 0.15) is 6.92 Å². The average molecular weight is 215 g/mol. The summed E-state index contributed by atoms with van der Waals surface area (Å²) in [6, 6.07) is 0. The average Bonchev–Trinajstić information content (AvgIpc) is 2.56. The zero-order valence-corrected chi connectivity index (χ0v) is 8.22. The Kier molecular flexibility index (Phi) is 3.80. The first-order valence-corrected chi connectivity index (χ1v) is 4.23. The molecule has 0 fully saturated rings. The highest BCUT2D eigenvalue weighted by Gasteiger charge is 2.05. The third kappa shape index (κ3) is 3.35. The van der Waals surface area contributed by atoms with Crippen molar-refractivity contribution in [2.75, 3.05) is 11.9 Å². The van der Waals surface area contributed by atoms with Gasteiger partial charge in [0.25, 0.3) is 0 Å². The number of aromatic amines is 1. The highest BCUT2D eigenvalue weighted by molar-refractivity contribution is 7.80. The maximum atomic E-state index is 10.9. The number of hydrogen-bond acceptors (Lipinski definition) is 5. The standard InChI is InChI=1S/C6H9N5O2S/c1-2-13-6(12)10-5(14)9-4-7-3-8-11-4/h3H,2H2,1H3,(H3,7,8,9,10,11,12,14). The summed E-state index contributed by atoms with van der Waals surface area (Å²) in [7, 11) is 0. The van der Waals surface area contributed by atoms with Gasteiger partial charge in [-0.1, -0.05) is 0 Å². The fourth-order valence-corrected chi connectivity index (χ4v) is 0.844. The Morgan fingerprint density at radius 3 is 3.14 bits per heavy atom. The number of nitrogens with one attached hydrogen (secondary N) is 3. The fraction of sp³-hybridized carbons (Fsp3) is 0.333. The van der Waals surface area contributed by atoms with Crippen molar-refractivity contribution >= 4 is 29.4 Å². The van der Waals surface area contributed by atoms with Gasteiger partial charge in [0.2, 0.25) is 5.95 Å². The number of amides is 1. The molecule has 0 spiro atoms. The summed E-state index contributed by atoms with van der Waals surface area (Å²) in [5.74, 6) is 0.354. The number of nitrogens with zero attached hydrogens (tertiary/aromatic N) is 2. The predicted molar refractivity (Wildman–Crippen MR) is 52.8 cm³/mol. The van der Waals surface area contributed by atoms with Crippen LogP contribution >= 0.6 is 12.2 Å². The van der Waals surface area contributed by atoms with E-state index in [1.165, 1.54) is 6.33 Å². The molecule has 1 heterocycles. The van der Waals surface area contributed by atoms with Gasteiger partial charge in [0, 0.05) is 0 Å². The summed E-state index contributed by atoms with van der Waals surface area (Å²) in [4.78, 5) is 14.6. The van der Waals surface area contributed by atoms with Crippen LogP contribution in [0, 0.1) is 0 Å². The van der Waals surface area contributed by atoms with E-state index in [0.29, 0.717) is 5.95 Å². The lowest BCUT2D eigenvalue weighted by Gasteiger charge is -2.05. The van der Waals surface area contributed by atoms with Crippen molar-refractivity contribution in [3.8, 4) is 0 Å². The number of anilines is 1. The van der Waals surface area contributed by atoms with Gasteiger partial charge >= 0.3 is 6.09 Å². The number of rotatable bonds is 2. The number of H-pyrrole nitrogens is 1. The summed E-state index contributed by atoms with van der Waals surface area (Å²) < 4.78 is 4.61. The molecule has 0 atom stereocenters. The lowest BCUT2D eigenvalue weighted by Crippen LogP contribution is -2.34. The van der Waals surface area contributed by atoms with Crippen LogP contribution < -0.4 is 10.6 Å². The van der Waals surface area contributed by atoms with E-state index >= 15 is 0 Å². The van der Waals surface area contributed by atoms with Gasteiger partial charge in [-0.15, -0.1) is 0 Å². The number of hydrogen-bond donors (Lipinski definition) is 3. The topological polar surface area (TPSA) is 91.9 Å². The highest BCUT2D eigenvalue weighted by Crippen LogP contribution is 1.91. The van der Waals surface area contributed by atoms with Crippen molar-refractivity contribution in [2.45, 2.75) is 6.92 Å². The third-order valence-corrected chi connectivity index (χ3v) is 1.34. The zero-order chi connectivity index (χ0) is 10.4. The van der Waals surface area contributed by atoms with Crippen molar-refractivity contribution in [2.24, 2.45) is 0 Å². The molecular formula is C6H9N5O2S. The van der Waals surface area contributed by atoms with Gasteiger partial charge in [-0.25, -0.2) is 9.89 Å². The lowest BCUT2D eigenvalue weighted by molar-refractivity contribution is 0.158. The van der Waals surface area contributed by atoms with E-state index in [-0.39, 0.29) is 11.7 Å². The Hall–Kier alpha value is -1.70. The smallest absolute Gasteiger partial charge is 0.413 e. The maximum Gasteiger partial charge on any atom is 0.413 e. The summed E-state index contributed by atoms with van der Waals surface area (Å²) in [6.45, 7) is 1.99. The van der Waals surface area contributed by atoms with E-state index in [4.69, 9.17) is 12.2 Å². The summed E-state index contributed by atoms with van der Waals surface area (Å²) in [6.07, 6.45) is 0.708. The molecule has 0 saturated carbocycles. The minimum atomic E-state index is -0.607. The molecule has 0 aliphatic heterocycles. The molecule has 0 saturated heterocycles. The third-order valence-electron chi connectivity index (χ3n) is 1.14. The first kappa shape index (κ1) is 10.4. The monoisotopic (exact) mass is 215 g/mol. The molecule has 1 aromatic heterocycles. The molecule has 1 rings (SSSR count). The van der Waals surface area contributed by atoms with Gasteiger partial charge in [0.05, 0.1) is 6.61 Å². The molecule has 0 aromatic carbocycles. The Morgan fingerprint density at radius 2 is 2.57 bits per heavy atom. The number of thiocarbonyl (C=S) groups is 1. The Bertz CT molecular complexity index is 312. The van der Waals surface area contributed by atoms with E-state index in [9.17, 15) is 4.79 Å². The van der Waals surface area contributed by atoms with Crippen molar-refractivity contribution in [3.63, 3.8) is 0 Å². The number of carbonyl (C=O) groups is 1. The van der Waals surface area contributed by atoms with Crippen LogP contribution in [0.2, 0.25) is 0 Å². The predicted octanol–water partition coefficient (Wildman–Crippen LogP) is 0.248. The minimum absolute atomic E-state index is 0.0974. The molecule has 3 N–H and O–H groups in total. The Balaban J connectivity index is 2.33. The van der Waals surface area contributed by atoms with Gasteiger partial charge < -0.3 is 10.1 Å². The number of carbonyl (C=O) groups excluding carboxylic acids is 1. The van der Waals surface area contributed by atoms with Crippen molar-refractivity contribution in [1.82, 2.24) is 20.5 Å². The van der Waals surface area contributed by atoms with Crippen LogP contribution in [0.3, 0.4) is 0 Å². The summed E-state index contributed by atoms with van der Waals surface area (Å²) in [5, 5.41) is 11.1. The molecule has 14 heavy (non-hydrogen) atoms. The van der Waals surface area contributed by atoms with Gasteiger partial charge in [0.15, 0.2) is 5.11 Å². The molecule has 7 nitrogen and oxygen atoms in total. The van der Waals surface area contributed by atoms with Crippen LogP contribution in [0.4, 0.5) is 10.7 Å². The summed E-state index contributed by atoms with van der Waals surface area (Å²) in [5.41, 5.74) is 0. The van der Waals surface area contributed by atoms with Gasteiger partial charge in [-0.05, 0) is 19.1 Å². The van der Waals surface area contributed by atoms with Crippen LogP contribution in [-0.4, -0.2) is 33.0 Å². The second-order valence-corrected chi connectivity index (χ2v) is 2.54. The van der Waals surface area contributed by atoms with E-state index in [0.717, 1.165) is 0 Å². The molecule has 1 amide bonds. The largest absolute Gasteiger partial charge is 0.450 e. The second-order valence-electron chi connectivity index (χ2n) is 2.13. The van der Waals surface area contributed by atoms with E-state index in [2.05, 4.69) is 30.6 Å². The maximum absolute atomic E-state index is 10.9. The van der Waals surface area contributed by atoms with Gasteiger partial charge in [-0.3, -0.25) is 5.32 Å². The molecule has 0 aliphatic rings. The van der Waals surface area contributed by atoms with Crippen LogP contribution in [-0.2, 0) is 4.74 Å². The highest BCUT2D eigenvalue weighted by atomic mass is 32.1. The molecule has 1 aromatic rings. The van der Waals surface area contributed by atoms with Gasteiger partial charge in [-0.2, -0.15) is 10.1 Å².